The van der Waals surface area contributed by atoms with E-state index in [9.17, 15) is 17.1 Å². The van der Waals surface area contributed by atoms with Gasteiger partial charge in [0.05, 0.1) is 18.3 Å². The van der Waals surface area contributed by atoms with Gasteiger partial charge in [0.25, 0.3) is 0 Å². The third-order valence-electron chi connectivity index (χ3n) is 1.92. The zero-order chi connectivity index (χ0) is 9.41. The first-order valence-electron chi connectivity index (χ1n) is 3.40. The smallest absolute Gasteiger partial charge is 0.312 e. The van der Waals surface area contributed by atoms with Gasteiger partial charge in [0.15, 0.2) is 0 Å². The molecule has 1 aliphatic carbocycles. The van der Waals surface area contributed by atoms with Gasteiger partial charge in [-0.15, -0.1) is 3.89 Å². The molecule has 0 bridgehead atoms. The zero-order valence-corrected chi connectivity index (χ0v) is 7.36. The third kappa shape index (κ3) is 1.94. The molecule has 0 aromatic rings. The third-order valence-corrected chi connectivity index (χ3v) is 2.82. The lowest BCUT2D eigenvalue weighted by Gasteiger charge is -2.08. The number of ether oxygens (including phenoxy) is 1. The van der Waals surface area contributed by atoms with Crippen LogP contribution in [0.3, 0.4) is 0 Å². The van der Waals surface area contributed by atoms with E-state index >= 15 is 0 Å². The van der Waals surface area contributed by atoms with Crippen LogP contribution in [0.15, 0.2) is 0 Å². The number of hydrogen-bond acceptors (Lipinski definition) is 4. The largest absolute Gasteiger partial charge is 0.469 e. The van der Waals surface area contributed by atoms with Gasteiger partial charge in [0.2, 0.25) is 0 Å². The summed E-state index contributed by atoms with van der Waals surface area (Å²) < 4.78 is 37.0. The van der Waals surface area contributed by atoms with Crippen LogP contribution in [0.4, 0.5) is 3.89 Å². The highest BCUT2D eigenvalue weighted by molar-refractivity contribution is 7.86. The first-order valence-corrected chi connectivity index (χ1v) is 4.96. The minimum atomic E-state index is -4.58. The molecule has 1 rings (SSSR count). The molecule has 0 N–H and O–H groups in total. The molecule has 1 saturated carbocycles. The Labute approximate surface area is 69.9 Å². The van der Waals surface area contributed by atoms with Gasteiger partial charge in [0, 0.05) is 0 Å². The van der Waals surface area contributed by atoms with E-state index in [1.807, 2.05) is 0 Å². The van der Waals surface area contributed by atoms with Gasteiger partial charge in [0.1, 0.15) is 0 Å². The van der Waals surface area contributed by atoms with Gasteiger partial charge in [-0.05, 0) is 12.8 Å². The van der Waals surface area contributed by atoms with Crippen molar-refractivity contribution in [2.75, 3.05) is 12.9 Å². The Balaban J connectivity index is 2.69. The van der Waals surface area contributed by atoms with Gasteiger partial charge in [-0.3, -0.25) is 4.79 Å². The van der Waals surface area contributed by atoms with E-state index in [0.29, 0.717) is 12.8 Å². The molecule has 0 spiro atoms. The number of esters is 1. The molecule has 12 heavy (non-hydrogen) atoms. The van der Waals surface area contributed by atoms with Crippen molar-refractivity contribution in [1.82, 2.24) is 0 Å². The summed E-state index contributed by atoms with van der Waals surface area (Å²) in [6.07, 6.45) is 0.783. The lowest BCUT2D eigenvalue weighted by molar-refractivity contribution is -0.146. The van der Waals surface area contributed by atoms with Gasteiger partial charge < -0.3 is 4.74 Å². The normalized spacial score (nSPS) is 20.2. The Morgan fingerprint density at radius 2 is 2.08 bits per heavy atom. The van der Waals surface area contributed by atoms with Crippen molar-refractivity contribution in [3.8, 4) is 0 Å². The Morgan fingerprint density at radius 1 is 1.58 bits per heavy atom. The van der Waals surface area contributed by atoms with E-state index in [-0.39, 0.29) is 0 Å². The summed E-state index contributed by atoms with van der Waals surface area (Å²) in [5, 5.41) is 0. The Bertz CT molecular complexity index is 291. The van der Waals surface area contributed by atoms with Crippen molar-refractivity contribution in [1.29, 1.82) is 0 Å². The van der Waals surface area contributed by atoms with Crippen LogP contribution in [0.1, 0.15) is 12.8 Å². The van der Waals surface area contributed by atoms with Crippen molar-refractivity contribution in [2.45, 2.75) is 12.8 Å². The summed E-state index contributed by atoms with van der Waals surface area (Å²) in [6, 6.07) is 0. The molecule has 0 radical (unpaired) electrons. The Hall–Kier alpha value is -0.650. The monoisotopic (exact) mass is 196 g/mol. The topological polar surface area (TPSA) is 60.4 Å². The molecule has 6 heteroatoms. The van der Waals surface area contributed by atoms with Gasteiger partial charge in [-0.1, -0.05) is 0 Å². The second-order valence-electron chi connectivity index (χ2n) is 2.96. The molecule has 0 aromatic heterocycles. The predicted molar refractivity (Wildman–Crippen MR) is 38.6 cm³/mol. The summed E-state index contributed by atoms with van der Waals surface area (Å²) in [6.45, 7) is 0. The van der Waals surface area contributed by atoms with Crippen molar-refractivity contribution in [2.24, 2.45) is 5.41 Å². The molecular weight excluding hydrogens is 187 g/mol. The van der Waals surface area contributed by atoms with Gasteiger partial charge >= 0.3 is 16.2 Å². The van der Waals surface area contributed by atoms with Crippen molar-refractivity contribution in [3.63, 3.8) is 0 Å². The summed E-state index contributed by atoms with van der Waals surface area (Å²) in [5.74, 6) is -1.38. The van der Waals surface area contributed by atoms with Crippen LogP contribution in [0.25, 0.3) is 0 Å². The highest BCUT2D eigenvalue weighted by atomic mass is 32.3. The molecular formula is C6H9FO4S. The van der Waals surface area contributed by atoms with E-state index in [4.69, 9.17) is 0 Å². The van der Waals surface area contributed by atoms with E-state index in [1.165, 1.54) is 0 Å². The summed E-state index contributed by atoms with van der Waals surface area (Å²) in [5.41, 5.74) is -1.08. The van der Waals surface area contributed by atoms with Crippen LogP contribution >= 0.6 is 0 Å². The first kappa shape index (κ1) is 9.44. The zero-order valence-electron chi connectivity index (χ0n) is 6.54. The highest BCUT2D eigenvalue weighted by Crippen LogP contribution is 2.47. The predicted octanol–water partition coefficient (Wildman–Crippen LogP) is 0.239. The number of hydrogen-bond donors (Lipinski definition) is 0. The summed E-state index contributed by atoms with van der Waals surface area (Å²) >= 11 is 0. The standard InChI is InChI=1S/C6H9FO4S/c1-11-5(8)6(2-3-6)4-12(7,9)10/h2-4H2,1H3. The first-order chi connectivity index (χ1) is 5.40. The van der Waals surface area contributed by atoms with Crippen LogP contribution in [0.5, 0.6) is 0 Å². The number of halogens is 1. The lowest BCUT2D eigenvalue weighted by Crippen LogP contribution is -2.24. The van der Waals surface area contributed by atoms with E-state index in [2.05, 4.69) is 4.74 Å². The maximum Gasteiger partial charge on any atom is 0.312 e. The number of rotatable bonds is 3. The fraction of sp³-hybridized carbons (Fsp3) is 0.833. The number of methoxy groups -OCH3 is 1. The SMILES string of the molecule is COC(=O)C1(CS(=O)(=O)F)CC1. The highest BCUT2D eigenvalue weighted by Gasteiger charge is 2.54. The molecule has 0 heterocycles. The molecule has 1 aliphatic rings. The van der Waals surface area contributed by atoms with Gasteiger partial charge in [-0.25, -0.2) is 0 Å². The summed E-state index contributed by atoms with van der Waals surface area (Å²) in [4.78, 5) is 10.9. The van der Waals surface area contributed by atoms with Crippen LogP contribution in [0.2, 0.25) is 0 Å². The van der Waals surface area contributed by atoms with Crippen molar-refractivity contribution >= 4 is 16.2 Å². The molecule has 70 valence electrons. The molecule has 0 aromatic carbocycles. The van der Waals surface area contributed by atoms with Crippen molar-refractivity contribution < 1.29 is 21.8 Å². The Morgan fingerprint density at radius 3 is 2.33 bits per heavy atom. The minimum absolute atomic E-state index is 0.392. The average Bonchev–Trinajstić information content (AvgIpc) is 2.64. The van der Waals surface area contributed by atoms with E-state index in [1.54, 1.807) is 0 Å². The average molecular weight is 196 g/mol. The summed E-state index contributed by atoms with van der Waals surface area (Å²) in [7, 11) is -3.42. The van der Waals surface area contributed by atoms with E-state index in [0.717, 1.165) is 7.11 Å². The molecule has 0 atom stereocenters. The maximum atomic E-state index is 12.2. The molecule has 0 unspecified atom stereocenters. The molecule has 1 fully saturated rings. The second kappa shape index (κ2) is 2.69. The molecule has 0 aliphatic heterocycles. The van der Waals surface area contributed by atoms with Crippen LogP contribution < -0.4 is 0 Å². The van der Waals surface area contributed by atoms with Crippen LogP contribution in [0, 0.1) is 5.41 Å². The fourth-order valence-electron chi connectivity index (χ4n) is 1.10. The second-order valence-corrected chi connectivity index (χ2v) is 4.32. The maximum absolute atomic E-state index is 12.2. The number of carbonyl (C=O) groups excluding carboxylic acids is 1. The molecule has 0 amide bonds. The van der Waals surface area contributed by atoms with Crippen LogP contribution in [-0.4, -0.2) is 27.2 Å². The fourth-order valence-corrected chi connectivity index (χ4v) is 2.17. The molecule has 4 nitrogen and oxygen atoms in total. The number of carbonyl (C=O) groups is 1. The quantitative estimate of drug-likeness (QED) is 0.479. The Kier molecular flexibility index (Phi) is 2.11. The molecule has 0 saturated heterocycles. The lowest BCUT2D eigenvalue weighted by atomic mass is 10.1. The van der Waals surface area contributed by atoms with Crippen LogP contribution in [-0.2, 0) is 19.8 Å². The van der Waals surface area contributed by atoms with Gasteiger partial charge in [-0.2, -0.15) is 8.42 Å². The van der Waals surface area contributed by atoms with Crippen molar-refractivity contribution in [3.05, 3.63) is 0 Å². The van der Waals surface area contributed by atoms with E-state index < -0.39 is 27.4 Å². The minimum Gasteiger partial charge on any atom is -0.469 e.